The standard InChI is InChI=1S/C16H30.C14H26.C12H22.C11H20.C11H22.C9H18.2C6H11F3.C3H8.C2H6/c1-13-6-8-16(9-7-13)11-14(2,3)10-15(4,5)12-16;1-12-4-6-14(7-5-12)10-8-13(2,3)9-11-14;1-11-5-9-12(10-6-11)7-3-2-4-8-12;1-10-4-8-11(9-5-10)6-2-3-7-11;1-9-6-10(2,3)8-11(4,5)7-9;1-8-4-6-9(2,3)7-5-8;2*1-3-5(2)4-6(7,8)9;1-3-2;1-2/h13H,6-12H2,1-5H3;12H,4-11H2,1-3H3;11H,2-10H2,1H3;10H,2-9H2,1H3;9H,6-8H2,1-5H3;8H,4-7H2,1-3H3;2*5H,3-4H2,1-2H3;3H2,1-2H3;1-2H3. The average Bonchev–Trinajstić information content (AvgIpc) is 0.898. The second-order valence-corrected chi connectivity index (χ2v) is 41.3. The molecule has 10 aliphatic rings. The number of halogens is 6. The van der Waals surface area contributed by atoms with Gasteiger partial charge in [-0.2, -0.15) is 26.3 Å². The molecule has 6 heteroatoms. The van der Waals surface area contributed by atoms with Gasteiger partial charge in [-0.25, -0.2) is 0 Å². The summed E-state index contributed by atoms with van der Waals surface area (Å²) in [4.78, 5) is 0. The maximum Gasteiger partial charge on any atom is 0.389 e. The van der Waals surface area contributed by atoms with Gasteiger partial charge in [-0.05, 0) is 256 Å². The molecule has 0 radical (unpaired) electrons. The smallest absolute Gasteiger partial charge is 0.171 e. The van der Waals surface area contributed by atoms with E-state index in [0.717, 1.165) is 51.8 Å². The minimum Gasteiger partial charge on any atom is -0.171 e. The Morgan fingerprint density at radius 1 is 0.281 bits per heavy atom. The van der Waals surface area contributed by atoms with E-state index in [1.165, 1.54) is 205 Å². The minimum atomic E-state index is -3.98. The predicted molar refractivity (Wildman–Crippen MR) is 415 cm³/mol. The van der Waals surface area contributed by atoms with Crippen molar-refractivity contribution in [2.75, 3.05) is 0 Å². The highest BCUT2D eigenvalue weighted by Gasteiger charge is 2.48. The van der Waals surface area contributed by atoms with Crippen molar-refractivity contribution < 1.29 is 26.3 Å². The van der Waals surface area contributed by atoms with E-state index in [9.17, 15) is 26.3 Å². The largest absolute Gasteiger partial charge is 0.389 e. The summed E-state index contributed by atoms with van der Waals surface area (Å²) in [5, 5.41) is 0. The molecule has 4 spiro atoms. The van der Waals surface area contributed by atoms with Gasteiger partial charge < -0.3 is 0 Å². The van der Waals surface area contributed by atoms with Gasteiger partial charge in [-0.15, -0.1) is 0 Å². The number of rotatable bonds is 4. The van der Waals surface area contributed by atoms with Crippen LogP contribution in [0.5, 0.6) is 0 Å². The first-order chi connectivity index (χ1) is 44.1. The molecule has 10 fully saturated rings. The zero-order valence-corrected chi connectivity index (χ0v) is 70.0. The van der Waals surface area contributed by atoms with Crippen LogP contribution in [0.3, 0.4) is 0 Å². The zero-order valence-electron chi connectivity index (χ0n) is 70.0. The van der Waals surface area contributed by atoms with Gasteiger partial charge in [-0.3, -0.25) is 0 Å². The Balaban J connectivity index is 0.000000547. The van der Waals surface area contributed by atoms with Crippen LogP contribution in [0.2, 0.25) is 0 Å². The van der Waals surface area contributed by atoms with E-state index in [1.807, 2.05) is 13.8 Å². The molecule has 10 aliphatic carbocycles. The molecular weight excluding hydrogens is 1190 g/mol. The first-order valence-electron chi connectivity index (χ1n) is 42.2. The molecule has 0 N–H and O–H groups in total. The van der Waals surface area contributed by atoms with Gasteiger partial charge in [0.15, 0.2) is 0 Å². The van der Waals surface area contributed by atoms with Crippen molar-refractivity contribution >= 4 is 0 Å². The molecule has 0 aromatic carbocycles. The molecule has 0 amide bonds. The van der Waals surface area contributed by atoms with Gasteiger partial charge in [0, 0.05) is 12.8 Å². The fraction of sp³-hybridized carbons (Fsp3) is 1.00. The van der Waals surface area contributed by atoms with Crippen LogP contribution in [-0.2, 0) is 0 Å². The summed E-state index contributed by atoms with van der Waals surface area (Å²) < 4.78 is 69.0. The maximum atomic E-state index is 11.5. The molecule has 0 saturated heterocycles. The summed E-state index contributed by atoms with van der Waals surface area (Å²) in [5.74, 6) is 5.51. The molecule has 0 aliphatic heterocycles. The van der Waals surface area contributed by atoms with Crippen LogP contribution in [0, 0.1) is 101 Å². The highest BCUT2D eigenvalue weighted by atomic mass is 19.4. The number of alkyl halides is 6. The van der Waals surface area contributed by atoms with Gasteiger partial charge in [0.2, 0.25) is 0 Å². The third-order valence-corrected chi connectivity index (χ3v) is 26.2. The van der Waals surface area contributed by atoms with Crippen molar-refractivity contribution in [2.24, 2.45) is 101 Å². The second kappa shape index (κ2) is 42.5. The van der Waals surface area contributed by atoms with Gasteiger partial charge >= 0.3 is 12.4 Å². The van der Waals surface area contributed by atoms with E-state index in [4.69, 9.17) is 0 Å². The molecule has 96 heavy (non-hydrogen) atoms. The molecule has 0 aromatic heterocycles. The van der Waals surface area contributed by atoms with Crippen molar-refractivity contribution in [2.45, 2.75) is 475 Å². The van der Waals surface area contributed by atoms with Crippen molar-refractivity contribution in [1.29, 1.82) is 0 Å². The molecule has 0 bridgehead atoms. The number of hydrogen-bond acceptors (Lipinski definition) is 0. The third-order valence-electron chi connectivity index (χ3n) is 26.2. The average molecular weight is 1370 g/mol. The van der Waals surface area contributed by atoms with Crippen LogP contribution in [0.15, 0.2) is 0 Å². The second-order valence-electron chi connectivity index (χ2n) is 41.3. The fourth-order valence-electron chi connectivity index (χ4n) is 20.8. The Labute approximate surface area is 599 Å². The molecular formula is C90H174F6. The number of hydrogen-bond donors (Lipinski definition) is 0. The summed E-state index contributed by atoms with van der Waals surface area (Å²) >= 11 is 0. The van der Waals surface area contributed by atoms with E-state index in [2.05, 4.69) is 138 Å². The van der Waals surface area contributed by atoms with E-state index >= 15 is 0 Å². The normalized spacial score (nSPS) is 26.9. The van der Waals surface area contributed by atoms with Crippen LogP contribution >= 0.6 is 0 Å². The molecule has 10 saturated carbocycles. The lowest BCUT2D eigenvalue weighted by molar-refractivity contribution is -0.144. The molecule has 10 rings (SSSR count). The van der Waals surface area contributed by atoms with Crippen LogP contribution in [0.4, 0.5) is 26.3 Å². The quantitative estimate of drug-likeness (QED) is 0.246. The Bertz CT molecular complexity index is 1850. The van der Waals surface area contributed by atoms with E-state index in [0.29, 0.717) is 50.7 Å². The molecule has 2 atom stereocenters. The van der Waals surface area contributed by atoms with Gasteiger partial charge in [0.25, 0.3) is 0 Å². The third kappa shape index (κ3) is 40.6. The first-order valence-corrected chi connectivity index (χ1v) is 42.2. The fourth-order valence-corrected chi connectivity index (χ4v) is 20.8. The van der Waals surface area contributed by atoms with Crippen molar-refractivity contribution in [3.63, 3.8) is 0 Å². The molecule has 0 heterocycles. The molecule has 0 nitrogen and oxygen atoms in total. The summed E-state index contributed by atoms with van der Waals surface area (Å²) in [6.07, 6.45) is 51.7. The Hall–Kier alpha value is -0.420. The summed E-state index contributed by atoms with van der Waals surface area (Å²) in [5.41, 5.74) is 6.81. The Morgan fingerprint density at radius 3 is 0.750 bits per heavy atom. The van der Waals surface area contributed by atoms with Crippen LogP contribution in [0.1, 0.15) is 463 Å². The van der Waals surface area contributed by atoms with Crippen LogP contribution in [-0.4, -0.2) is 12.4 Å². The van der Waals surface area contributed by atoms with E-state index < -0.39 is 25.2 Å². The monoisotopic (exact) mass is 1370 g/mol. The van der Waals surface area contributed by atoms with E-state index in [1.54, 1.807) is 79.1 Å². The Morgan fingerprint density at radius 2 is 0.510 bits per heavy atom. The van der Waals surface area contributed by atoms with Gasteiger partial charge in [0.05, 0.1) is 0 Å². The predicted octanol–water partition coefficient (Wildman–Crippen LogP) is 33.6. The topological polar surface area (TPSA) is 0 Å². The lowest BCUT2D eigenvalue weighted by atomic mass is 9.51. The van der Waals surface area contributed by atoms with Crippen molar-refractivity contribution in [3.05, 3.63) is 0 Å². The molecule has 576 valence electrons. The highest BCUT2D eigenvalue weighted by molar-refractivity contribution is 4.99. The SMILES string of the molecule is CC.CC1CC(C)(C)CC(C)(C)C1.CC1CCC(C)(C)CC1.CC1CCC2(CC1)CC(C)(C)CC(C)(C)C2.CC1CCC2(CC1)CCC(C)(C)CC2.CC1CCC2(CCCC2)CC1.CC1CCC2(CCCCC2)CC1.CCC.CCC(C)CC(F)(F)F.CCC(C)CC(F)(F)F. The van der Waals surface area contributed by atoms with E-state index in [-0.39, 0.29) is 11.8 Å². The van der Waals surface area contributed by atoms with Crippen LogP contribution < -0.4 is 0 Å². The minimum absolute atomic E-state index is 0.231. The molecule has 0 aromatic rings. The summed E-state index contributed by atoms with van der Waals surface area (Å²) in [7, 11) is 0. The Kier molecular flexibility index (Phi) is 41.4. The highest BCUT2D eigenvalue weighted by Crippen LogP contribution is 2.60. The first kappa shape index (κ1) is 93.6. The summed E-state index contributed by atoms with van der Waals surface area (Å²) in [6.45, 7) is 58.7. The van der Waals surface area contributed by atoms with Crippen molar-refractivity contribution in [3.8, 4) is 0 Å². The van der Waals surface area contributed by atoms with Gasteiger partial charge in [0.1, 0.15) is 0 Å². The van der Waals surface area contributed by atoms with Crippen molar-refractivity contribution in [1.82, 2.24) is 0 Å². The lowest BCUT2D eigenvalue weighted by Gasteiger charge is -2.54. The summed E-state index contributed by atoms with van der Waals surface area (Å²) in [6, 6.07) is 0. The maximum absolute atomic E-state index is 11.5. The zero-order chi connectivity index (χ0) is 73.7. The van der Waals surface area contributed by atoms with Crippen LogP contribution in [0.25, 0.3) is 0 Å². The lowest BCUT2D eigenvalue weighted by Crippen LogP contribution is -2.43. The van der Waals surface area contributed by atoms with Gasteiger partial charge in [-0.1, -0.05) is 296 Å². The molecule has 2 unspecified atom stereocenters.